The molecule has 1 fully saturated rings. The Balaban J connectivity index is 1.88. The molecule has 0 aromatic carbocycles. The Morgan fingerprint density at radius 2 is 2.47 bits per heavy atom. The molecule has 1 N–H and O–H groups in total. The topological polar surface area (TPSA) is 58.2 Å². The van der Waals surface area contributed by atoms with Gasteiger partial charge in [0.2, 0.25) is 0 Å². The van der Waals surface area contributed by atoms with Crippen molar-refractivity contribution in [3.05, 3.63) is 17.5 Å². The molecule has 1 aromatic heterocycles. The number of aromatic amines is 1. The van der Waals surface area contributed by atoms with Crippen LogP contribution in [0.1, 0.15) is 41.9 Å². The average Bonchev–Trinajstić information content (AvgIpc) is 2.85. The lowest BCUT2D eigenvalue weighted by Crippen LogP contribution is -2.40. The summed E-state index contributed by atoms with van der Waals surface area (Å²) in [6.07, 6.45) is 4.52. The third kappa shape index (κ3) is 3.80. The summed E-state index contributed by atoms with van der Waals surface area (Å²) in [6, 6.07) is 1.82. The van der Waals surface area contributed by atoms with E-state index >= 15 is 0 Å². The molecule has 0 saturated carbocycles. The minimum Gasteiger partial charge on any atom is -0.385 e. The number of H-pyrrole nitrogens is 1. The van der Waals surface area contributed by atoms with Crippen LogP contribution in [0.5, 0.6) is 0 Å². The van der Waals surface area contributed by atoms with Gasteiger partial charge in [-0.3, -0.25) is 9.89 Å². The predicted molar refractivity (Wildman–Crippen MR) is 73.1 cm³/mol. The zero-order chi connectivity index (χ0) is 13.7. The van der Waals surface area contributed by atoms with Crippen LogP contribution in [0.15, 0.2) is 6.07 Å². The summed E-state index contributed by atoms with van der Waals surface area (Å²) in [5, 5.41) is 6.88. The normalized spacial score (nSPS) is 19.7. The number of nitrogens with zero attached hydrogens (tertiary/aromatic N) is 2. The molecular weight excluding hydrogens is 242 g/mol. The number of carbonyl (C=O) groups is 1. The van der Waals surface area contributed by atoms with Crippen LogP contribution in [0.25, 0.3) is 0 Å². The summed E-state index contributed by atoms with van der Waals surface area (Å²) in [7, 11) is 1.73. The summed E-state index contributed by atoms with van der Waals surface area (Å²) < 4.78 is 5.08. The van der Waals surface area contributed by atoms with E-state index in [-0.39, 0.29) is 5.91 Å². The number of methoxy groups -OCH3 is 1. The summed E-state index contributed by atoms with van der Waals surface area (Å²) >= 11 is 0. The standard InChI is InChI=1S/C14H23N3O2/c1-11-9-13(16-15-11)14(18)17-7-3-5-12(10-17)6-4-8-19-2/h9,12H,3-8,10H2,1-2H3,(H,15,16)/t12-/m0/s1. The van der Waals surface area contributed by atoms with Crippen molar-refractivity contribution in [2.24, 2.45) is 5.92 Å². The van der Waals surface area contributed by atoms with Crippen molar-refractivity contribution in [1.82, 2.24) is 15.1 Å². The first-order valence-electron chi connectivity index (χ1n) is 7.01. The lowest BCUT2D eigenvalue weighted by atomic mass is 9.93. The van der Waals surface area contributed by atoms with E-state index in [0.29, 0.717) is 11.6 Å². The molecule has 106 valence electrons. The highest BCUT2D eigenvalue weighted by Crippen LogP contribution is 2.22. The summed E-state index contributed by atoms with van der Waals surface area (Å²) in [5.41, 5.74) is 1.46. The lowest BCUT2D eigenvalue weighted by Gasteiger charge is -2.32. The quantitative estimate of drug-likeness (QED) is 0.828. The summed E-state index contributed by atoms with van der Waals surface area (Å²) in [6.45, 7) is 4.43. The van der Waals surface area contributed by atoms with Crippen LogP contribution in [0, 0.1) is 12.8 Å². The molecule has 1 saturated heterocycles. The van der Waals surface area contributed by atoms with Crippen LogP contribution in [-0.2, 0) is 4.74 Å². The molecule has 0 radical (unpaired) electrons. The smallest absolute Gasteiger partial charge is 0.274 e. The fourth-order valence-electron chi connectivity index (χ4n) is 2.69. The first kappa shape index (κ1) is 14.1. The lowest BCUT2D eigenvalue weighted by molar-refractivity contribution is 0.0654. The molecule has 5 heteroatoms. The number of carbonyl (C=O) groups excluding carboxylic acids is 1. The molecule has 5 nitrogen and oxygen atoms in total. The molecule has 0 spiro atoms. The van der Waals surface area contributed by atoms with Crippen molar-refractivity contribution in [2.45, 2.75) is 32.6 Å². The third-order valence-electron chi connectivity index (χ3n) is 3.69. The zero-order valence-electron chi connectivity index (χ0n) is 11.8. The van der Waals surface area contributed by atoms with Gasteiger partial charge in [0, 0.05) is 32.5 Å². The number of piperidine rings is 1. The maximum Gasteiger partial charge on any atom is 0.274 e. The van der Waals surface area contributed by atoms with E-state index in [0.717, 1.165) is 44.7 Å². The van der Waals surface area contributed by atoms with Gasteiger partial charge in [-0.1, -0.05) is 0 Å². The van der Waals surface area contributed by atoms with Crippen molar-refractivity contribution in [3.63, 3.8) is 0 Å². The highest BCUT2D eigenvalue weighted by Gasteiger charge is 2.25. The second-order valence-electron chi connectivity index (χ2n) is 5.33. The molecule has 19 heavy (non-hydrogen) atoms. The largest absolute Gasteiger partial charge is 0.385 e. The van der Waals surface area contributed by atoms with Gasteiger partial charge in [0.05, 0.1) is 0 Å². The number of amides is 1. The van der Waals surface area contributed by atoms with E-state index in [4.69, 9.17) is 4.74 Å². The van der Waals surface area contributed by atoms with Gasteiger partial charge in [0.1, 0.15) is 5.69 Å². The number of likely N-dealkylation sites (tertiary alicyclic amines) is 1. The predicted octanol–water partition coefficient (Wildman–Crippen LogP) is 2.00. The van der Waals surface area contributed by atoms with Crippen LogP contribution >= 0.6 is 0 Å². The van der Waals surface area contributed by atoms with Crippen molar-refractivity contribution >= 4 is 5.91 Å². The van der Waals surface area contributed by atoms with E-state index in [1.54, 1.807) is 7.11 Å². The molecule has 2 heterocycles. The second-order valence-corrected chi connectivity index (χ2v) is 5.33. The first-order valence-corrected chi connectivity index (χ1v) is 7.01. The average molecular weight is 265 g/mol. The molecule has 2 rings (SSSR count). The third-order valence-corrected chi connectivity index (χ3v) is 3.69. The van der Waals surface area contributed by atoms with Crippen LogP contribution in [0.4, 0.5) is 0 Å². The monoisotopic (exact) mass is 265 g/mol. The Hall–Kier alpha value is -1.36. The van der Waals surface area contributed by atoms with E-state index in [9.17, 15) is 4.79 Å². The van der Waals surface area contributed by atoms with Crippen molar-refractivity contribution < 1.29 is 9.53 Å². The highest BCUT2D eigenvalue weighted by atomic mass is 16.5. The minimum atomic E-state index is 0.0563. The van der Waals surface area contributed by atoms with Crippen molar-refractivity contribution in [1.29, 1.82) is 0 Å². The molecule has 1 atom stereocenters. The zero-order valence-corrected chi connectivity index (χ0v) is 11.8. The van der Waals surface area contributed by atoms with Gasteiger partial charge in [0.15, 0.2) is 0 Å². The van der Waals surface area contributed by atoms with Crippen LogP contribution in [0.2, 0.25) is 0 Å². The molecule has 1 aromatic rings. The molecule has 1 aliphatic heterocycles. The number of rotatable bonds is 5. The van der Waals surface area contributed by atoms with Gasteiger partial charge in [-0.25, -0.2) is 0 Å². The SMILES string of the molecule is COCCC[C@@H]1CCCN(C(=O)c2cc(C)[nH]n2)C1. The molecule has 0 aliphatic carbocycles. The van der Waals surface area contributed by atoms with Crippen molar-refractivity contribution in [2.75, 3.05) is 26.8 Å². The van der Waals surface area contributed by atoms with Gasteiger partial charge in [0.25, 0.3) is 5.91 Å². The molecule has 0 bridgehead atoms. The van der Waals surface area contributed by atoms with Crippen LogP contribution < -0.4 is 0 Å². The number of ether oxygens (including phenoxy) is 1. The maximum atomic E-state index is 12.3. The highest BCUT2D eigenvalue weighted by molar-refractivity contribution is 5.92. The van der Waals surface area contributed by atoms with Gasteiger partial charge < -0.3 is 9.64 Å². The Morgan fingerprint density at radius 1 is 1.63 bits per heavy atom. The number of aryl methyl sites for hydroxylation is 1. The van der Waals surface area contributed by atoms with E-state index in [2.05, 4.69) is 10.2 Å². The summed E-state index contributed by atoms with van der Waals surface area (Å²) in [4.78, 5) is 14.2. The molecule has 1 amide bonds. The van der Waals surface area contributed by atoms with Crippen LogP contribution in [0.3, 0.4) is 0 Å². The van der Waals surface area contributed by atoms with E-state index in [1.807, 2.05) is 17.9 Å². The van der Waals surface area contributed by atoms with Crippen molar-refractivity contribution in [3.8, 4) is 0 Å². The van der Waals surface area contributed by atoms with E-state index < -0.39 is 0 Å². The Morgan fingerprint density at radius 3 is 3.16 bits per heavy atom. The molecule has 0 unspecified atom stereocenters. The molecule has 1 aliphatic rings. The fraction of sp³-hybridized carbons (Fsp3) is 0.714. The maximum absolute atomic E-state index is 12.3. The Kier molecular flexibility index (Phi) is 4.96. The fourth-order valence-corrected chi connectivity index (χ4v) is 2.69. The van der Waals surface area contributed by atoms with E-state index in [1.165, 1.54) is 6.42 Å². The number of nitrogens with one attached hydrogen (secondary N) is 1. The first-order chi connectivity index (χ1) is 9.20. The number of hydrogen-bond donors (Lipinski definition) is 1. The van der Waals surface area contributed by atoms with Gasteiger partial charge in [-0.2, -0.15) is 5.10 Å². The number of hydrogen-bond acceptors (Lipinski definition) is 3. The van der Waals surface area contributed by atoms with Gasteiger partial charge in [-0.15, -0.1) is 0 Å². The Bertz CT molecular complexity index is 417. The van der Waals surface area contributed by atoms with Crippen LogP contribution in [-0.4, -0.2) is 47.8 Å². The minimum absolute atomic E-state index is 0.0563. The summed E-state index contributed by atoms with van der Waals surface area (Å²) in [5.74, 6) is 0.661. The molecular formula is C14H23N3O2. The Labute approximate surface area is 114 Å². The number of aromatic nitrogens is 2. The second kappa shape index (κ2) is 6.70. The van der Waals surface area contributed by atoms with Gasteiger partial charge in [-0.05, 0) is 44.6 Å². The van der Waals surface area contributed by atoms with Gasteiger partial charge >= 0.3 is 0 Å².